The maximum absolute atomic E-state index is 11.9. The average molecular weight is 261 g/mol. The predicted octanol–water partition coefficient (Wildman–Crippen LogP) is 2.50. The molecule has 2 N–H and O–H groups in total. The number of benzene rings is 1. The van der Waals surface area contributed by atoms with Gasteiger partial charge in [0, 0.05) is 12.5 Å². The molecule has 0 spiro atoms. The van der Waals surface area contributed by atoms with E-state index in [2.05, 4.69) is 5.32 Å². The van der Waals surface area contributed by atoms with Crippen LogP contribution in [0.1, 0.15) is 47.2 Å². The Labute approximate surface area is 112 Å². The molecule has 0 aliphatic heterocycles. The minimum atomic E-state index is -0.954. The summed E-state index contributed by atoms with van der Waals surface area (Å²) in [6.45, 7) is 2.20. The van der Waals surface area contributed by atoms with Gasteiger partial charge in [-0.25, -0.2) is 4.79 Å². The topological polar surface area (TPSA) is 66.4 Å². The van der Waals surface area contributed by atoms with Crippen molar-refractivity contribution in [1.82, 2.24) is 5.32 Å². The highest BCUT2D eigenvalue weighted by atomic mass is 16.4. The fourth-order valence-corrected chi connectivity index (χ4v) is 2.59. The van der Waals surface area contributed by atoms with Gasteiger partial charge in [0.15, 0.2) is 0 Å². The molecule has 1 fully saturated rings. The van der Waals surface area contributed by atoms with E-state index < -0.39 is 5.97 Å². The van der Waals surface area contributed by atoms with Crippen LogP contribution in [0.2, 0.25) is 0 Å². The molecule has 0 bridgehead atoms. The van der Waals surface area contributed by atoms with Crippen molar-refractivity contribution in [1.29, 1.82) is 0 Å². The molecule has 0 aromatic heterocycles. The van der Waals surface area contributed by atoms with Crippen molar-refractivity contribution in [2.24, 2.45) is 5.92 Å². The first-order chi connectivity index (χ1) is 9.08. The van der Waals surface area contributed by atoms with Crippen LogP contribution in [0, 0.1) is 12.8 Å². The number of carboxylic acids is 1. The predicted molar refractivity (Wildman–Crippen MR) is 71.9 cm³/mol. The largest absolute Gasteiger partial charge is 0.478 e. The van der Waals surface area contributed by atoms with E-state index in [4.69, 9.17) is 5.11 Å². The summed E-state index contributed by atoms with van der Waals surface area (Å²) >= 11 is 0. The van der Waals surface area contributed by atoms with Crippen molar-refractivity contribution < 1.29 is 14.7 Å². The van der Waals surface area contributed by atoms with Crippen LogP contribution in [0.4, 0.5) is 0 Å². The highest BCUT2D eigenvalue weighted by Gasteiger charge is 2.22. The Bertz CT molecular complexity index is 490. The number of aromatic carboxylic acids is 1. The first kappa shape index (κ1) is 13.6. The van der Waals surface area contributed by atoms with Crippen molar-refractivity contribution in [3.05, 3.63) is 34.9 Å². The number of carbonyl (C=O) groups excluding carboxylic acids is 1. The van der Waals surface area contributed by atoms with Gasteiger partial charge in [0.1, 0.15) is 0 Å². The quantitative estimate of drug-likeness (QED) is 0.875. The van der Waals surface area contributed by atoms with Gasteiger partial charge in [-0.15, -0.1) is 0 Å². The molecule has 0 radical (unpaired) electrons. The molecule has 1 amide bonds. The monoisotopic (exact) mass is 261 g/mol. The number of aryl methyl sites for hydroxylation is 1. The Morgan fingerprint density at radius 2 is 2.00 bits per heavy atom. The minimum absolute atomic E-state index is 0.0512. The summed E-state index contributed by atoms with van der Waals surface area (Å²) in [5.74, 6) is -0.793. The molecule has 1 aromatic rings. The van der Waals surface area contributed by atoms with Crippen molar-refractivity contribution >= 4 is 11.9 Å². The zero-order valence-corrected chi connectivity index (χ0v) is 11.1. The molecular formula is C15H19NO3. The average Bonchev–Trinajstić information content (AvgIpc) is 2.89. The summed E-state index contributed by atoms with van der Waals surface area (Å²) in [7, 11) is 0. The summed E-state index contributed by atoms with van der Waals surface area (Å²) in [6.07, 6.45) is 4.13. The normalized spacial score (nSPS) is 15.4. The molecule has 1 saturated carbocycles. The van der Waals surface area contributed by atoms with Crippen LogP contribution in [0.25, 0.3) is 0 Å². The molecule has 0 atom stereocenters. The summed E-state index contributed by atoms with van der Waals surface area (Å²) in [4.78, 5) is 23.0. The lowest BCUT2D eigenvalue weighted by Gasteiger charge is -2.12. The third-order valence-corrected chi connectivity index (χ3v) is 3.67. The van der Waals surface area contributed by atoms with E-state index in [1.54, 1.807) is 12.1 Å². The van der Waals surface area contributed by atoms with Gasteiger partial charge in [-0.2, -0.15) is 0 Å². The lowest BCUT2D eigenvalue weighted by molar-refractivity contribution is -0.124. The zero-order chi connectivity index (χ0) is 13.8. The summed E-state index contributed by atoms with van der Waals surface area (Å²) in [5.41, 5.74) is 1.92. The highest BCUT2D eigenvalue weighted by molar-refractivity contribution is 5.89. The van der Waals surface area contributed by atoms with E-state index in [1.165, 1.54) is 0 Å². The Kier molecular flexibility index (Phi) is 4.20. The van der Waals surface area contributed by atoms with E-state index >= 15 is 0 Å². The second kappa shape index (κ2) is 5.87. The molecule has 4 heteroatoms. The van der Waals surface area contributed by atoms with Crippen LogP contribution in [0.5, 0.6) is 0 Å². The maximum atomic E-state index is 11.9. The van der Waals surface area contributed by atoms with Crippen LogP contribution in [-0.2, 0) is 11.3 Å². The summed E-state index contributed by atoms with van der Waals surface area (Å²) < 4.78 is 0. The van der Waals surface area contributed by atoms with Crippen molar-refractivity contribution in [3.8, 4) is 0 Å². The standard InChI is InChI=1S/C15H19NO3/c1-10-6-7-13(15(18)19)12(8-10)9-16-14(17)11-4-2-3-5-11/h6-8,11H,2-5,9H2,1H3,(H,16,17)(H,18,19). The SMILES string of the molecule is Cc1ccc(C(=O)O)c(CNC(=O)C2CCCC2)c1. The van der Waals surface area contributed by atoms with Gasteiger partial charge in [-0.3, -0.25) is 4.79 Å². The first-order valence-electron chi connectivity index (χ1n) is 6.68. The third-order valence-electron chi connectivity index (χ3n) is 3.67. The van der Waals surface area contributed by atoms with Gasteiger partial charge in [-0.05, 0) is 31.4 Å². The molecule has 1 aliphatic rings. The van der Waals surface area contributed by atoms with Crippen LogP contribution >= 0.6 is 0 Å². The number of carbonyl (C=O) groups is 2. The Morgan fingerprint density at radius 1 is 1.32 bits per heavy atom. The molecular weight excluding hydrogens is 242 g/mol. The summed E-state index contributed by atoms with van der Waals surface area (Å²) in [6, 6.07) is 5.18. The number of amides is 1. The molecule has 0 saturated heterocycles. The first-order valence-corrected chi connectivity index (χ1v) is 6.68. The number of carboxylic acid groups (broad SMARTS) is 1. The third kappa shape index (κ3) is 3.34. The van der Waals surface area contributed by atoms with Gasteiger partial charge in [-0.1, -0.05) is 30.5 Å². The minimum Gasteiger partial charge on any atom is -0.478 e. The van der Waals surface area contributed by atoms with Gasteiger partial charge >= 0.3 is 5.97 Å². The number of hydrogen-bond acceptors (Lipinski definition) is 2. The molecule has 1 aromatic carbocycles. The second-order valence-electron chi connectivity index (χ2n) is 5.16. The van der Waals surface area contributed by atoms with Crippen molar-refractivity contribution in [2.75, 3.05) is 0 Å². The van der Waals surface area contributed by atoms with Gasteiger partial charge < -0.3 is 10.4 Å². The van der Waals surface area contributed by atoms with Gasteiger partial charge in [0.25, 0.3) is 0 Å². The van der Waals surface area contributed by atoms with Crippen LogP contribution in [0.3, 0.4) is 0 Å². The lowest BCUT2D eigenvalue weighted by Crippen LogP contribution is -2.29. The van der Waals surface area contributed by atoms with Crippen LogP contribution in [0.15, 0.2) is 18.2 Å². The molecule has 19 heavy (non-hydrogen) atoms. The van der Waals surface area contributed by atoms with E-state index in [1.807, 2.05) is 13.0 Å². The van der Waals surface area contributed by atoms with E-state index in [-0.39, 0.29) is 17.4 Å². The fraction of sp³-hybridized carbons (Fsp3) is 0.467. The Balaban J connectivity index is 2.04. The van der Waals surface area contributed by atoms with Crippen LogP contribution < -0.4 is 5.32 Å². The Morgan fingerprint density at radius 3 is 2.63 bits per heavy atom. The van der Waals surface area contributed by atoms with E-state index in [0.717, 1.165) is 31.2 Å². The number of rotatable bonds is 4. The molecule has 0 heterocycles. The van der Waals surface area contributed by atoms with Gasteiger partial charge in [0.2, 0.25) is 5.91 Å². The zero-order valence-electron chi connectivity index (χ0n) is 11.1. The number of nitrogens with one attached hydrogen (secondary N) is 1. The maximum Gasteiger partial charge on any atom is 0.336 e. The van der Waals surface area contributed by atoms with Crippen LogP contribution in [-0.4, -0.2) is 17.0 Å². The molecule has 1 aliphatic carbocycles. The van der Waals surface area contributed by atoms with Crippen molar-refractivity contribution in [3.63, 3.8) is 0 Å². The second-order valence-corrected chi connectivity index (χ2v) is 5.16. The smallest absolute Gasteiger partial charge is 0.336 e. The molecule has 4 nitrogen and oxygen atoms in total. The van der Waals surface area contributed by atoms with E-state index in [9.17, 15) is 9.59 Å². The molecule has 0 unspecified atom stereocenters. The number of hydrogen-bond donors (Lipinski definition) is 2. The van der Waals surface area contributed by atoms with E-state index in [0.29, 0.717) is 12.1 Å². The fourth-order valence-electron chi connectivity index (χ4n) is 2.59. The summed E-state index contributed by atoms with van der Waals surface area (Å²) in [5, 5.41) is 12.0. The highest BCUT2D eigenvalue weighted by Crippen LogP contribution is 2.24. The lowest BCUT2D eigenvalue weighted by atomic mass is 10.0. The van der Waals surface area contributed by atoms with Crippen molar-refractivity contribution in [2.45, 2.75) is 39.2 Å². The van der Waals surface area contributed by atoms with Gasteiger partial charge in [0.05, 0.1) is 5.56 Å². The molecule has 2 rings (SSSR count). The Hall–Kier alpha value is -1.84. The molecule has 102 valence electrons.